The molecule has 0 saturated carbocycles. The van der Waals surface area contributed by atoms with Crippen LogP contribution in [0.25, 0.3) is 0 Å². The summed E-state index contributed by atoms with van der Waals surface area (Å²) in [7, 11) is 0. The fraction of sp³-hybridized carbons (Fsp3) is 0.364. The normalized spacial score (nSPS) is 24.6. The summed E-state index contributed by atoms with van der Waals surface area (Å²) in [5.74, 6) is -1.33. The first-order valence-corrected chi connectivity index (χ1v) is 6.06. The number of hydrogen-bond donors (Lipinski definition) is 1. The minimum absolute atomic E-state index is 0.432. The number of carbonyl (C=O) groups is 1. The maximum atomic E-state index is 11.0. The predicted molar refractivity (Wildman–Crippen MR) is 63.6 cm³/mol. The highest BCUT2D eigenvalue weighted by molar-refractivity contribution is 9.10. The largest absolute Gasteiger partial charge is 0.481 e. The second-order valence-electron chi connectivity index (χ2n) is 3.69. The zero-order chi connectivity index (χ0) is 11.7. The van der Waals surface area contributed by atoms with E-state index < -0.39 is 18.0 Å². The Kier molecular flexibility index (Phi) is 3.52. The van der Waals surface area contributed by atoms with Crippen molar-refractivity contribution in [3.63, 3.8) is 0 Å². The molecule has 0 aliphatic carbocycles. The molecule has 1 fully saturated rings. The maximum Gasteiger partial charge on any atom is 0.309 e. The number of ether oxygens (including phenoxy) is 1. The van der Waals surface area contributed by atoms with Gasteiger partial charge >= 0.3 is 5.97 Å². The third-order valence-corrected chi connectivity index (χ3v) is 3.50. The predicted octanol–water partition coefficient (Wildman–Crippen LogP) is 3.26. The molecule has 0 aromatic heterocycles. The molecule has 1 aromatic carbocycles. The molecule has 2 atom stereocenters. The number of carboxylic acids is 1. The fourth-order valence-corrected chi connectivity index (χ4v) is 2.66. The monoisotopic (exact) mass is 304 g/mol. The third-order valence-electron chi connectivity index (χ3n) is 2.68. The Morgan fingerprint density at radius 2 is 2.31 bits per heavy atom. The molecule has 1 aliphatic heterocycles. The summed E-state index contributed by atoms with van der Waals surface area (Å²) in [4.78, 5) is 11.0. The molecule has 0 spiro atoms. The van der Waals surface area contributed by atoms with E-state index in [0.29, 0.717) is 18.1 Å². The molecule has 1 aliphatic rings. The molecular weight excluding hydrogens is 295 g/mol. The number of halogens is 2. The average molecular weight is 306 g/mol. The van der Waals surface area contributed by atoms with E-state index in [9.17, 15) is 4.79 Å². The Bertz CT molecular complexity index is 422. The zero-order valence-electron chi connectivity index (χ0n) is 8.32. The molecule has 86 valence electrons. The molecule has 1 saturated heterocycles. The van der Waals surface area contributed by atoms with E-state index in [1.165, 1.54) is 0 Å². The van der Waals surface area contributed by atoms with Crippen LogP contribution in [0.4, 0.5) is 0 Å². The first kappa shape index (κ1) is 11.9. The van der Waals surface area contributed by atoms with Crippen molar-refractivity contribution in [2.75, 3.05) is 6.61 Å². The van der Waals surface area contributed by atoms with E-state index in [0.717, 1.165) is 10.0 Å². The van der Waals surface area contributed by atoms with Crippen LogP contribution in [0.1, 0.15) is 18.1 Å². The van der Waals surface area contributed by atoms with Crippen LogP contribution < -0.4 is 0 Å². The summed E-state index contributed by atoms with van der Waals surface area (Å²) < 4.78 is 6.32. The molecule has 0 radical (unpaired) electrons. The SMILES string of the molecule is O=C(O)C1CCOC1c1ccc(Br)cc1Cl. The summed E-state index contributed by atoms with van der Waals surface area (Å²) in [5.41, 5.74) is 0.745. The van der Waals surface area contributed by atoms with Gasteiger partial charge in [0, 0.05) is 21.7 Å². The lowest BCUT2D eigenvalue weighted by Gasteiger charge is -2.16. The molecule has 1 heterocycles. The smallest absolute Gasteiger partial charge is 0.309 e. The highest BCUT2D eigenvalue weighted by Crippen LogP contribution is 2.38. The summed E-state index contributed by atoms with van der Waals surface area (Å²) >= 11 is 9.38. The van der Waals surface area contributed by atoms with Gasteiger partial charge in [0.15, 0.2) is 0 Å². The van der Waals surface area contributed by atoms with Gasteiger partial charge in [0.1, 0.15) is 0 Å². The van der Waals surface area contributed by atoms with Crippen LogP contribution in [0.15, 0.2) is 22.7 Å². The van der Waals surface area contributed by atoms with Gasteiger partial charge in [-0.15, -0.1) is 0 Å². The highest BCUT2D eigenvalue weighted by Gasteiger charge is 2.36. The molecule has 2 unspecified atom stereocenters. The zero-order valence-corrected chi connectivity index (χ0v) is 10.7. The van der Waals surface area contributed by atoms with Crippen molar-refractivity contribution in [1.82, 2.24) is 0 Å². The number of aliphatic carboxylic acids is 1. The maximum absolute atomic E-state index is 11.0. The van der Waals surface area contributed by atoms with Crippen LogP contribution in [0.2, 0.25) is 5.02 Å². The number of hydrogen-bond acceptors (Lipinski definition) is 2. The topological polar surface area (TPSA) is 46.5 Å². The van der Waals surface area contributed by atoms with E-state index >= 15 is 0 Å². The van der Waals surface area contributed by atoms with E-state index in [-0.39, 0.29) is 0 Å². The summed E-state index contributed by atoms with van der Waals surface area (Å²) in [6.45, 7) is 0.466. The van der Waals surface area contributed by atoms with Gasteiger partial charge in [-0.1, -0.05) is 33.6 Å². The van der Waals surface area contributed by atoms with Crippen LogP contribution in [-0.4, -0.2) is 17.7 Å². The quantitative estimate of drug-likeness (QED) is 0.912. The molecular formula is C11H10BrClO3. The van der Waals surface area contributed by atoms with Crippen molar-refractivity contribution in [3.8, 4) is 0 Å². The Balaban J connectivity index is 2.32. The van der Waals surface area contributed by atoms with Crippen LogP contribution in [0.3, 0.4) is 0 Å². The molecule has 1 N–H and O–H groups in total. The standard InChI is InChI=1S/C11H10BrClO3/c12-6-1-2-7(9(13)5-6)10-8(11(14)15)3-4-16-10/h1-2,5,8,10H,3-4H2,(H,14,15). The van der Waals surface area contributed by atoms with Gasteiger partial charge in [-0.2, -0.15) is 0 Å². The lowest BCUT2D eigenvalue weighted by molar-refractivity contribution is -0.143. The van der Waals surface area contributed by atoms with Crippen molar-refractivity contribution < 1.29 is 14.6 Å². The molecule has 0 amide bonds. The van der Waals surface area contributed by atoms with Crippen molar-refractivity contribution in [2.24, 2.45) is 5.92 Å². The van der Waals surface area contributed by atoms with Gasteiger partial charge in [-0.05, 0) is 18.6 Å². The van der Waals surface area contributed by atoms with Crippen LogP contribution >= 0.6 is 27.5 Å². The molecule has 16 heavy (non-hydrogen) atoms. The summed E-state index contributed by atoms with van der Waals surface area (Å²) in [5, 5.41) is 9.59. The summed E-state index contributed by atoms with van der Waals surface area (Å²) in [6, 6.07) is 5.39. The van der Waals surface area contributed by atoms with E-state index in [1.54, 1.807) is 12.1 Å². The molecule has 2 rings (SSSR count). The van der Waals surface area contributed by atoms with E-state index in [1.807, 2.05) is 6.07 Å². The number of rotatable bonds is 2. The van der Waals surface area contributed by atoms with Crippen molar-refractivity contribution >= 4 is 33.5 Å². The van der Waals surface area contributed by atoms with E-state index in [4.69, 9.17) is 21.4 Å². The van der Waals surface area contributed by atoms with Crippen molar-refractivity contribution in [1.29, 1.82) is 0 Å². The van der Waals surface area contributed by atoms with Gasteiger partial charge < -0.3 is 9.84 Å². The van der Waals surface area contributed by atoms with Gasteiger partial charge in [-0.25, -0.2) is 0 Å². The van der Waals surface area contributed by atoms with Crippen molar-refractivity contribution in [3.05, 3.63) is 33.3 Å². The van der Waals surface area contributed by atoms with Crippen LogP contribution in [0.5, 0.6) is 0 Å². The Hall–Kier alpha value is -0.580. The van der Waals surface area contributed by atoms with Crippen molar-refractivity contribution in [2.45, 2.75) is 12.5 Å². The number of benzene rings is 1. The first-order chi connectivity index (χ1) is 7.59. The molecule has 3 nitrogen and oxygen atoms in total. The molecule has 0 bridgehead atoms. The average Bonchev–Trinajstić information content (AvgIpc) is 2.66. The Labute approximate surface area is 106 Å². The van der Waals surface area contributed by atoms with Gasteiger partial charge in [0.25, 0.3) is 0 Å². The van der Waals surface area contributed by atoms with Gasteiger partial charge in [0.2, 0.25) is 0 Å². The highest BCUT2D eigenvalue weighted by atomic mass is 79.9. The Morgan fingerprint density at radius 3 is 2.94 bits per heavy atom. The number of carboxylic acid groups (broad SMARTS) is 1. The van der Waals surface area contributed by atoms with Crippen LogP contribution in [-0.2, 0) is 9.53 Å². The molecule has 1 aromatic rings. The minimum Gasteiger partial charge on any atom is -0.481 e. The van der Waals surface area contributed by atoms with Crippen LogP contribution in [0, 0.1) is 5.92 Å². The lowest BCUT2D eigenvalue weighted by atomic mass is 9.95. The fourth-order valence-electron chi connectivity index (χ4n) is 1.88. The molecule has 5 heteroatoms. The minimum atomic E-state index is -0.832. The Morgan fingerprint density at radius 1 is 1.56 bits per heavy atom. The second-order valence-corrected chi connectivity index (χ2v) is 5.01. The lowest BCUT2D eigenvalue weighted by Crippen LogP contribution is -2.17. The van der Waals surface area contributed by atoms with E-state index in [2.05, 4.69) is 15.9 Å². The summed E-state index contributed by atoms with van der Waals surface area (Å²) in [6.07, 6.45) is 0.102. The van der Waals surface area contributed by atoms with Gasteiger partial charge in [-0.3, -0.25) is 4.79 Å². The third kappa shape index (κ3) is 2.24. The van der Waals surface area contributed by atoms with Gasteiger partial charge in [0.05, 0.1) is 12.0 Å². The second kappa shape index (κ2) is 4.73. The first-order valence-electron chi connectivity index (χ1n) is 4.89.